The van der Waals surface area contributed by atoms with Gasteiger partial charge in [0, 0.05) is 6.07 Å². The number of carbonyl (C=O) groups is 2. The van der Waals surface area contributed by atoms with Gasteiger partial charge >= 0.3 is 0 Å². The van der Waals surface area contributed by atoms with Gasteiger partial charge in [-0.3, -0.25) is 19.7 Å². The van der Waals surface area contributed by atoms with E-state index in [1.54, 1.807) is 60.7 Å². The van der Waals surface area contributed by atoms with Crippen LogP contribution in [0.2, 0.25) is 0 Å². The van der Waals surface area contributed by atoms with Crippen LogP contribution in [0.3, 0.4) is 0 Å². The van der Waals surface area contributed by atoms with Crippen LogP contribution in [0.1, 0.15) is 32.1 Å². The molecule has 2 aromatic heterocycles. The van der Waals surface area contributed by atoms with Gasteiger partial charge in [-0.1, -0.05) is 42.1 Å². The fraction of sp³-hybridized carbons (Fsp3) is 0. The van der Waals surface area contributed by atoms with Crippen molar-refractivity contribution in [1.82, 2.24) is 15.0 Å². The van der Waals surface area contributed by atoms with Crippen LogP contribution >= 0.6 is 23.1 Å². The van der Waals surface area contributed by atoms with Gasteiger partial charge in [0.2, 0.25) is 0 Å². The van der Waals surface area contributed by atoms with E-state index < -0.39 is 4.92 Å². The molecule has 0 spiro atoms. The molecule has 0 saturated carbocycles. The maximum absolute atomic E-state index is 12.9. The number of rotatable bonds is 6. The number of imide groups is 1. The molecule has 4 aromatic carbocycles. The zero-order valence-corrected chi connectivity index (χ0v) is 23.5. The summed E-state index contributed by atoms with van der Waals surface area (Å²) in [5.41, 5.74) is 3.86. The molecule has 2 amide bonds. The third kappa shape index (κ3) is 4.62. The Morgan fingerprint density at radius 2 is 1.70 bits per heavy atom. The molecule has 10 nitrogen and oxygen atoms in total. The zero-order valence-electron chi connectivity index (χ0n) is 21.8. The van der Waals surface area contributed by atoms with Crippen molar-refractivity contribution in [1.29, 1.82) is 5.26 Å². The number of hydrogen-bond acceptors (Lipinski definition) is 9. The largest absolute Gasteiger partial charge is 0.337 e. The Labute approximate surface area is 251 Å². The summed E-state index contributed by atoms with van der Waals surface area (Å²) >= 11 is 2.45. The van der Waals surface area contributed by atoms with E-state index in [2.05, 4.69) is 21.0 Å². The number of H-pyrrole nitrogens is 1. The minimum Gasteiger partial charge on any atom is -0.337 e. The number of carbonyl (C=O) groups excluding carboxylic acids is 2. The molecule has 1 N–H and O–H groups in total. The lowest BCUT2D eigenvalue weighted by atomic mass is 10.1. The number of fused-ring (bicyclic) bond motifs is 3. The number of hydrogen-bond donors (Lipinski definition) is 1. The number of nitriles is 1. The minimum atomic E-state index is -0.472. The fourth-order valence-electron chi connectivity index (χ4n) is 4.85. The second-order valence-corrected chi connectivity index (χ2v) is 11.8. The topological polar surface area (TPSA) is 146 Å². The van der Waals surface area contributed by atoms with E-state index >= 15 is 0 Å². The monoisotopic (exact) mass is 600 g/mol. The van der Waals surface area contributed by atoms with Crippen molar-refractivity contribution in [3.05, 3.63) is 118 Å². The lowest BCUT2D eigenvalue weighted by Gasteiger charge is -2.13. The molecule has 1 aliphatic heterocycles. The van der Waals surface area contributed by atoms with Crippen molar-refractivity contribution >= 4 is 79.2 Å². The van der Waals surface area contributed by atoms with Crippen LogP contribution in [0.25, 0.3) is 32.9 Å². The lowest BCUT2D eigenvalue weighted by Crippen LogP contribution is -2.29. The molecule has 0 bridgehead atoms. The van der Waals surface area contributed by atoms with Gasteiger partial charge in [0.15, 0.2) is 4.34 Å². The Kier molecular flexibility index (Phi) is 6.31. The van der Waals surface area contributed by atoms with Gasteiger partial charge in [0.05, 0.1) is 53.5 Å². The van der Waals surface area contributed by atoms with Gasteiger partial charge < -0.3 is 4.98 Å². The van der Waals surface area contributed by atoms with Crippen molar-refractivity contribution in [3.8, 4) is 6.07 Å². The predicted molar refractivity (Wildman–Crippen MR) is 164 cm³/mol. The number of aromatic nitrogens is 3. The summed E-state index contributed by atoms with van der Waals surface area (Å²) in [4.78, 5) is 51.1. The summed E-state index contributed by atoms with van der Waals surface area (Å²) in [6.07, 6.45) is 1.55. The van der Waals surface area contributed by atoms with E-state index in [-0.39, 0.29) is 23.1 Å². The van der Waals surface area contributed by atoms with Gasteiger partial charge in [-0.25, -0.2) is 14.9 Å². The maximum atomic E-state index is 12.9. The van der Waals surface area contributed by atoms with Crippen LogP contribution in [0, 0.1) is 21.4 Å². The highest BCUT2D eigenvalue weighted by Gasteiger charge is 2.36. The predicted octanol–water partition coefficient (Wildman–Crippen LogP) is 7.10. The first-order valence-corrected chi connectivity index (χ1v) is 14.4. The minimum absolute atomic E-state index is 0.133. The van der Waals surface area contributed by atoms with E-state index in [1.807, 2.05) is 24.3 Å². The van der Waals surface area contributed by atoms with E-state index in [0.717, 1.165) is 26.9 Å². The van der Waals surface area contributed by atoms with Crippen molar-refractivity contribution in [2.45, 2.75) is 9.24 Å². The fourth-order valence-corrected chi connectivity index (χ4v) is 6.99. The molecule has 0 fully saturated rings. The summed E-state index contributed by atoms with van der Waals surface area (Å²) in [7, 11) is 0. The first kappa shape index (κ1) is 26.3. The molecule has 12 heteroatoms. The highest BCUT2D eigenvalue weighted by Crippen LogP contribution is 2.41. The molecule has 0 unspecified atom stereocenters. The average Bonchev–Trinajstić information content (AvgIpc) is 3.70. The number of nitro groups is 1. The second-order valence-electron chi connectivity index (χ2n) is 9.48. The maximum Gasteiger partial charge on any atom is 0.283 e. The Balaban J connectivity index is 1.17. The van der Waals surface area contributed by atoms with E-state index in [9.17, 15) is 25.0 Å². The number of thiazole rings is 1. The quantitative estimate of drug-likeness (QED) is 0.0922. The molecular weight excluding hydrogens is 585 g/mol. The second kappa shape index (κ2) is 10.3. The standard InChI is InChI=1S/C31H16N6O4S2/c32-16-18(28-33-22-7-3-4-8-23(22)34-28)13-17-9-12-26(25(14-17)37(40)41)42-31-35-24-11-10-19(15-27(24)43-31)36-29(38)20-5-1-2-6-21(20)30(36)39/h1-15H,(H,33,34)/b18-13+. The molecule has 43 heavy (non-hydrogen) atoms. The SMILES string of the molecule is N#C/C(=C\c1ccc(Sc2nc3ccc(N4C(=O)c5ccccc5C4=O)cc3s2)c([N+](=O)[O-])c1)c1nc2ccccc2[nH]1. The van der Waals surface area contributed by atoms with Crippen LogP contribution in [0.5, 0.6) is 0 Å². The average molecular weight is 601 g/mol. The Bertz CT molecular complexity index is 2160. The van der Waals surface area contributed by atoms with Crippen molar-refractivity contribution in [2.75, 3.05) is 4.90 Å². The number of aromatic amines is 1. The van der Waals surface area contributed by atoms with Crippen molar-refractivity contribution in [3.63, 3.8) is 0 Å². The summed E-state index contributed by atoms with van der Waals surface area (Å²) in [6, 6.07) is 26.0. The Hall–Kier alpha value is -5.64. The number of amides is 2. The summed E-state index contributed by atoms with van der Waals surface area (Å²) in [5.74, 6) is -0.396. The summed E-state index contributed by atoms with van der Waals surface area (Å²) in [5, 5.41) is 21.8. The first-order chi connectivity index (χ1) is 20.9. The Morgan fingerprint density at radius 3 is 2.42 bits per heavy atom. The first-order valence-electron chi connectivity index (χ1n) is 12.8. The summed E-state index contributed by atoms with van der Waals surface area (Å²) < 4.78 is 1.28. The van der Waals surface area contributed by atoms with Crippen LogP contribution in [0.15, 0.2) is 94.2 Å². The molecule has 0 radical (unpaired) electrons. The van der Waals surface area contributed by atoms with E-state index in [0.29, 0.717) is 48.5 Å². The van der Waals surface area contributed by atoms with Gasteiger partial charge in [-0.2, -0.15) is 5.26 Å². The molecule has 6 aromatic rings. The van der Waals surface area contributed by atoms with Crippen molar-refractivity contribution < 1.29 is 14.5 Å². The number of imidazole rings is 1. The van der Waals surface area contributed by atoms with Crippen molar-refractivity contribution in [2.24, 2.45) is 0 Å². The smallest absolute Gasteiger partial charge is 0.283 e. The molecule has 0 saturated heterocycles. The molecular formula is C31H16N6O4S2. The number of benzene rings is 4. The third-order valence-corrected chi connectivity index (χ3v) is 9.00. The van der Waals surface area contributed by atoms with Gasteiger partial charge in [-0.15, -0.1) is 11.3 Å². The highest BCUT2D eigenvalue weighted by atomic mass is 32.2. The van der Waals surface area contributed by atoms with E-state index in [4.69, 9.17) is 0 Å². The van der Waals surface area contributed by atoms with E-state index in [1.165, 1.54) is 17.4 Å². The van der Waals surface area contributed by atoms with Crippen LogP contribution in [-0.4, -0.2) is 31.7 Å². The van der Waals surface area contributed by atoms with Gasteiger partial charge in [0.1, 0.15) is 11.9 Å². The zero-order chi connectivity index (χ0) is 29.7. The van der Waals surface area contributed by atoms with Crippen LogP contribution in [-0.2, 0) is 0 Å². The molecule has 1 aliphatic rings. The number of nitro benzene ring substituents is 1. The van der Waals surface area contributed by atoms with Crippen LogP contribution < -0.4 is 4.90 Å². The number of nitrogens with zero attached hydrogens (tertiary/aromatic N) is 5. The van der Waals surface area contributed by atoms with Crippen LogP contribution in [0.4, 0.5) is 11.4 Å². The highest BCUT2D eigenvalue weighted by molar-refractivity contribution is 8.01. The summed E-state index contributed by atoms with van der Waals surface area (Å²) in [6.45, 7) is 0. The van der Waals surface area contributed by atoms with Gasteiger partial charge in [0.25, 0.3) is 17.5 Å². The molecule has 0 atom stereocenters. The lowest BCUT2D eigenvalue weighted by molar-refractivity contribution is -0.387. The number of nitrogens with one attached hydrogen (secondary N) is 1. The third-order valence-electron chi connectivity index (χ3n) is 6.86. The molecule has 3 heterocycles. The normalized spacial score (nSPS) is 13.1. The molecule has 7 rings (SSSR count). The number of para-hydroxylation sites is 2. The Morgan fingerprint density at radius 1 is 0.953 bits per heavy atom. The van der Waals surface area contributed by atoms with Gasteiger partial charge in [-0.05, 0) is 60.2 Å². The number of allylic oxidation sites excluding steroid dienone is 1. The molecule has 206 valence electrons. The molecule has 0 aliphatic carbocycles. The number of anilines is 1.